The molecule has 144 valence electrons. The number of rotatable bonds is 11. The molecule has 2 rings (SSSR count). The van der Waals surface area contributed by atoms with Crippen LogP contribution < -0.4 is 0 Å². The number of hydrogen-bond donors (Lipinski definition) is 2. The second-order valence-electron chi connectivity index (χ2n) is 6.97. The second-order valence-corrected chi connectivity index (χ2v) is 7.41. The van der Waals surface area contributed by atoms with Crippen LogP contribution in [0.2, 0.25) is 5.02 Å². The van der Waals surface area contributed by atoms with Crippen LogP contribution in [-0.2, 0) is 11.2 Å². The Bertz CT molecular complexity index is 590. The van der Waals surface area contributed by atoms with Gasteiger partial charge in [-0.2, -0.15) is 0 Å². The van der Waals surface area contributed by atoms with E-state index in [1.807, 2.05) is 35.2 Å². The van der Waals surface area contributed by atoms with Crippen molar-refractivity contribution in [2.75, 3.05) is 13.2 Å². The molecule has 26 heavy (non-hydrogen) atoms. The van der Waals surface area contributed by atoms with Crippen molar-refractivity contribution in [1.29, 1.82) is 0 Å². The summed E-state index contributed by atoms with van der Waals surface area (Å²) in [4.78, 5) is 14.0. The molecule has 2 N–H and O–H groups in total. The molecule has 0 spiro atoms. The highest BCUT2D eigenvalue weighted by molar-refractivity contribution is 6.30. The number of unbranched alkanes of at least 4 members (excludes halogenated alkanes) is 4. The van der Waals surface area contributed by atoms with Gasteiger partial charge in [0.2, 0.25) is 5.91 Å². The SMILES string of the molecule is O=C1CC[C@H](C=C[C@@H](O)Cc2cccc(Cl)c2)N1CCCCCCCO. The molecule has 0 unspecified atom stereocenters. The summed E-state index contributed by atoms with van der Waals surface area (Å²) in [6, 6.07) is 7.60. The van der Waals surface area contributed by atoms with Gasteiger partial charge in [-0.15, -0.1) is 0 Å². The summed E-state index contributed by atoms with van der Waals surface area (Å²) in [5.41, 5.74) is 0.997. The van der Waals surface area contributed by atoms with Gasteiger partial charge in [-0.25, -0.2) is 0 Å². The third-order valence-corrected chi connectivity index (χ3v) is 5.06. The van der Waals surface area contributed by atoms with Crippen molar-refractivity contribution in [1.82, 2.24) is 4.90 Å². The van der Waals surface area contributed by atoms with Gasteiger partial charge in [0.25, 0.3) is 0 Å². The second kappa shape index (κ2) is 11.4. The van der Waals surface area contributed by atoms with E-state index in [9.17, 15) is 9.90 Å². The Hall–Kier alpha value is -1.36. The Labute approximate surface area is 161 Å². The molecule has 5 heteroatoms. The first kappa shape index (κ1) is 20.9. The quantitative estimate of drug-likeness (QED) is 0.455. The van der Waals surface area contributed by atoms with E-state index >= 15 is 0 Å². The van der Waals surface area contributed by atoms with Gasteiger partial charge in [0.05, 0.1) is 12.1 Å². The van der Waals surface area contributed by atoms with Crippen molar-refractivity contribution in [2.45, 2.75) is 63.5 Å². The van der Waals surface area contributed by atoms with Crippen LogP contribution in [0.3, 0.4) is 0 Å². The first-order chi connectivity index (χ1) is 12.6. The fourth-order valence-corrected chi connectivity index (χ4v) is 3.61. The topological polar surface area (TPSA) is 60.8 Å². The minimum Gasteiger partial charge on any atom is -0.396 e. The van der Waals surface area contributed by atoms with Gasteiger partial charge in [-0.3, -0.25) is 4.79 Å². The molecule has 4 nitrogen and oxygen atoms in total. The van der Waals surface area contributed by atoms with Gasteiger partial charge < -0.3 is 15.1 Å². The summed E-state index contributed by atoms with van der Waals surface area (Å²) < 4.78 is 0. The summed E-state index contributed by atoms with van der Waals surface area (Å²) in [5, 5.41) is 19.7. The average molecular weight is 380 g/mol. The van der Waals surface area contributed by atoms with Crippen molar-refractivity contribution < 1.29 is 15.0 Å². The van der Waals surface area contributed by atoms with E-state index in [1.165, 1.54) is 0 Å². The molecule has 1 fully saturated rings. The van der Waals surface area contributed by atoms with Crippen LogP contribution >= 0.6 is 11.6 Å². The number of carbonyl (C=O) groups excluding carboxylic acids is 1. The normalized spacial score (nSPS) is 18.8. The molecule has 2 atom stereocenters. The fourth-order valence-electron chi connectivity index (χ4n) is 3.40. The lowest BCUT2D eigenvalue weighted by molar-refractivity contribution is -0.128. The number of halogens is 1. The molecule has 1 aromatic rings. The number of amides is 1. The van der Waals surface area contributed by atoms with Gasteiger partial charge in [0, 0.05) is 31.0 Å². The maximum atomic E-state index is 12.1. The molecule has 0 saturated carbocycles. The van der Waals surface area contributed by atoms with Gasteiger partial charge in [-0.1, -0.05) is 55.1 Å². The predicted octanol–water partition coefficient (Wildman–Crippen LogP) is 3.73. The number of nitrogens with zero attached hydrogens (tertiary/aromatic N) is 1. The lowest BCUT2D eigenvalue weighted by Crippen LogP contribution is -2.32. The smallest absolute Gasteiger partial charge is 0.223 e. The summed E-state index contributed by atoms with van der Waals surface area (Å²) in [6.45, 7) is 1.03. The maximum absolute atomic E-state index is 12.1. The molecule has 0 bridgehead atoms. The monoisotopic (exact) mass is 379 g/mol. The standard InChI is InChI=1S/C21H30ClNO3/c22-18-8-6-7-17(15-18)16-20(25)11-9-19-10-12-21(26)23(19)13-4-2-1-3-5-14-24/h6-9,11,15,19-20,24-25H,1-5,10,12-14,16H2/t19-,20+/m0/s1. The Kier molecular flexibility index (Phi) is 9.16. The minimum atomic E-state index is -0.579. The molecule has 1 saturated heterocycles. The van der Waals surface area contributed by atoms with E-state index in [0.717, 1.165) is 50.6 Å². The number of aliphatic hydroxyl groups excluding tert-OH is 2. The lowest BCUT2D eigenvalue weighted by Gasteiger charge is -2.22. The van der Waals surface area contributed by atoms with E-state index in [-0.39, 0.29) is 18.6 Å². The van der Waals surface area contributed by atoms with Crippen molar-refractivity contribution in [2.24, 2.45) is 0 Å². The zero-order chi connectivity index (χ0) is 18.8. The number of aliphatic hydroxyl groups is 2. The minimum absolute atomic E-state index is 0.0916. The summed E-state index contributed by atoms with van der Waals surface area (Å²) >= 11 is 5.98. The number of carbonyl (C=O) groups is 1. The van der Waals surface area contributed by atoms with Gasteiger partial charge in [-0.05, 0) is 37.0 Å². The zero-order valence-corrected chi connectivity index (χ0v) is 16.1. The highest BCUT2D eigenvalue weighted by Crippen LogP contribution is 2.21. The van der Waals surface area contributed by atoms with Crippen LogP contribution in [0.15, 0.2) is 36.4 Å². The van der Waals surface area contributed by atoms with E-state index < -0.39 is 6.10 Å². The average Bonchev–Trinajstić information content (AvgIpc) is 2.96. The molecule has 1 amide bonds. The Morgan fingerprint density at radius 1 is 1.23 bits per heavy atom. The van der Waals surface area contributed by atoms with Gasteiger partial charge >= 0.3 is 0 Å². The molecule has 0 radical (unpaired) electrons. The van der Waals surface area contributed by atoms with Crippen LogP contribution in [-0.4, -0.2) is 46.3 Å². The Morgan fingerprint density at radius 3 is 2.77 bits per heavy atom. The predicted molar refractivity (Wildman–Crippen MR) is 105 cm³/mol. The van der Waals surface area contributed by atoms with E-state index in [0.29, 0.717) is 17.9 Å². The Balaban J connectivity index is 1.78. The third kappa shape index (κ3) is 7.10. The van der Waals surface area contributed by atoms with Crippen LogP contribution in [0.1, 0.15) is 50.5 Å². The first-order valence-corrected chi connectivity index (χ1v) is 9.99. The first-order valence-electron chi connectivity index (χ1n) is 9.61. The lowest BCUT2D eigenvalue weighted by atomic mass is 10.1. The molecule has 1 aromatic carbocycles. The van der Waals surface area contributed by atoms with Crippen molar-refractivity contribution in [3.8, 4) is 0 Å². The van der Waals surface area contributed by atoms with Crippen LogP contribution in [0.5, 0.6) is 0 Å². The van der Waals surface area contributed by atoms with Crippen molar-refractivity contribution >= 4 is 17.5 Å². The van der Waals surface area contributed by atoms with E-state index in [1.54, 1.807) is 6.08 Å². The molecular weight excluding hydrogens is 350 g/mol. The molecular formula is C21H30ClNO3. The van der Waals surface area contributed by atoms with Crippen LogP contribution in [0.25, 0.3) is 0 Å². The highest BCUT2D eigenvalue weighted by atomic mass is 35.5. The third-order valence-electron chi connectivity index (χ3n) is 4.82. The largest absolute Gasteiger partial charge is 0.396 e. The Morgan fingerprint density at radius 2 is 2.00 bits per heavy atom. The highest BCUT2D eigenvalue weighted by Gasteiger charge is 2.28. The molecule has 0 aliphatic carbocycles. The molecule has 1 heterocycles. The van der Waals surface area contributed by atoms with Crippen molar-refractivity contribution in [3.05, 3.63) is 47.0 Å². The fraction of sp³-hybridized carbons (Fsp3) is 0.571. The number of likely N-dealkylation sites (tertiary alicyclic amines) is 1. The van der Waals surface area contributed by atoms with E-state index in [2.05, 4.69) is 0 Å². The molecule has 0 aromatic heterocycles. The number of benzene rings is 1. The summed E-state index contributed by atoms with van der Waals surface area (Å²) in [5.74, 6) is 0.208. The molecule has 1 aliphatic rings. The zero-order valence-electron chi connectivity index (χ0n) is 15.3. The van der Waals surface area contributed by atoms with Gasteiger partial charge in [0.15, 0.2) is 0 Å². The number of hydrogen-bond acceptors (Lipinski definition) is 3. The van der Waals surface area contributed by atoms with Crippen LogP contribution in [0, 0.1) is 0 Å². The van der Waals surface area contributed by atoms with Crippen LogP contribution in [0.4, 0.5) is 0 Å². The summed E-state index contributed by atoms with van der Waals surface area (Å²) in [7, 11) is 0. The van der Waals surface area contributed by atoms with Gasteiger partial charge in [0.1, 0.15) is 0 Å². The van der Waals surface area contributed by atoms with E-state index in [4.69, 9.17) is 16.7 Å². The summed E-state index contributed by atoms with van der Waals surface area (Å²) in [6.07, 6.45) is 10.2. The molecule has 1 aliphatic heterocycles. The maximum Gasteiger partial charge on any atom is 0.223 e. The van der Waals surface area contributed by atoms with Crippen molar-refractivity contribution in [3.63, 3.8) is 0 Å².